The fourth-order valence-electron chi connectivity index (χ4n) is 4.51. The number of hydrogen-bond donors (Lipinski definition) is 0. The Morgan fingerprint density at radius 1 is 0.735 bits per heavy atom. The minimum atomic E-state index is 0. The number of fused-ring (bicyclic) bond motifs is 3. The normalized spacial score (nSPS) is 14.3. The molecule has 0 fully saturated rings. The van der Waals surface area contributed by atoms with Gasteiger partial charge in [0.15, 0.2) is 0 Å². The van der Waals surface area contributed by atoms with Crippen molar-refractivity contribution < 1.29 is 36.6 Å². The molecule has 6 rings (SSSR count). The molecule has 0 spiro atoms. The van der Waals surface area contributed by atoms with E-state index in [9.17, 15) is 0 Å². The average molecular weight is 537 g/mol. The Bertz CT molecular complexity index is 1220. The van der Waals surface area contributed by atoms with Crippen LogP contribution in [0.2, 0.25) is 0 Å². The molecule has 1 unspecified atom stereocenters. The number of hydrogen-bond acceptors (Lipinski definition) is 0. The fourth-order valence-corrected chi connectivity index (χ4v) is 5.33. The summed E-state index contributed by atoms with van der Waals surface area (Å²) in [4.78, 5) is 0. The Morgan fingerprint density at radius 3 is 1.94 bits per heavy atom. The van der Waals surface area contributed by atoms with Gasteiger partial charge in [0.25, 0.3) is 0 Å². The van der Waals surface area contributed by atoms with E-state index in [1.54, 1.807) is 0 Å². The van der Waals surface area contributed by atoms with Crippen molar-refractivity contribution in [2.75, 3.05) is 0 Å². The molecule has 0 aliphatic heterocycles. The van der Waals surface area contributed by atoms with Crippen molar-refractivity contribution >= 4 is 3.21 Å². The topological polar surface area (TPSA) is 0 Å². The second-order valence-electron chi connectivity index (χ2n) is 8.00. The molecule has 0 saturated carbocycles. The zero-order valence-electron chi connectivity index (χ0n) is 19.2. The third kappa shape index (κ3) is 5.38. The number of rotatable bonds is 3. The predicted octanol–water partition coefficient (Wildman–Crippen LogP) is 4.74. The fraction of sp³-hybridized carbons (Fsp3) is 0.0625. The molecule has 0 radical (unpaired) electrons. The van der Waals surface area contributed by atoms with Crippen LogP contribution in [0.25, 0.3) is 11.1 Å². The summed E-state index contributed by atoms with van der Waals surface area (Å²) in [5.41, 5.74) is 9.66. The minimum absolute atomic E-state index is 0. The summed E-state index contributed by atoms with van der Waals surface area (Å²) in [6, 6.07) is 39.6. The van der Waals surface area contributed by atoms with Gasteiger partial charge in [0.2, 0.25) is 0 Å². The average Bonchev–Trinajstić information content (AvgIpc) is 3.51. The molecular formula is C32H26ClZr-3. The first-order chi connectivity index (χ1) is 15.8. The second kappa shape index (κ2) is 12.2. The molecule has 4 aromatic rings. The van der Waals surface area contributed by atoms with E-state index in [1.807, 2.05) is 6.07 Å². The molecule has 1 atom stereocenters. The van der Waals surface area contributed by atoms with Crippen LogP contribution >= 0.6 is 0 Å². The summed E-state index contributed by atoms with van der Waals surface area (Å²) in [5.74, 6) is 0.410. The molecule has 168 valence electrons. The first-order valence-electron chi connectivity index (χ1n) is 11.0. The summed E-state index contributed by atoms with van der Waals surface area (Å²) in [7, 11) is 0. The molecule has 0 N–H and O–H groups in total. The molecule has 2 aliphatic carbocycles. The molecule has 0 heterocycles. The van der Waals surface area contributed by atoms with Gasteiger partial charge >= 0.3 is 99.2 Å². The van der Waals surface area contributed by atoms with Crippen LogP contribution in [0.4, 0.5) is 0 Å². The summed E-state index contributed by atoms with van der Waals surface area (Å²) in [5, 5.41) is 0. The van der Waals surface area contributed by atoms with Crippen LogP contribution in [0.3, 0.4) is 0 Å². The van der Waals surface area contributed by atoms with E-state index in [-0.39, 0.29) is 19.8 Å². The van der Waals surface area contributed by atoms with Crippen molar-refractivity contribution in [2.24, 2.45) is 0 Å². The monoisotopic (exact) mass is 535 g/mol. The van der Waals surface area contributed by atoms with Gasteiger partial charge in [0, 0.05) is 5.92 Å². The van der Waals surface area contributed by atoms with Gasteiger partial charge in [0.05, 0.1) is 0 Å². The van der Waals surface area contributed by atoms with Crippen LogP contribution in [0.1, 0.15) is 34.6 Å². The maximum atomic E-state index is 3.45. The van der Waals surface area contributed by atoms with E-state index in [1.165, 1.54) is 66.4 Å². The van der Waals surface area contributed by atoms with Gasteiger partial charge in [-0.1, -0.05) is 53.6 Å². The van der Waals surface area contributed by atoms with E-state index in [0.717, 1.165) is 6.42 Å². The summed E-state index contributed by atoms with van der Waals surface area (Å²) >= 11 is 1.46. The Balaban J connectivity index is 0.000000186. The molecule has 4 aromatic carbocycles. The predicted molar refractivity (Wildman–Crippen MR) is 137 cm³/mol. The summed E-state index contributed by atoms with van der Waals surface area (Å²) in [6.07, 6.45) is 7.73. The molecule has 0 bridgehead atoms. The molecule has 34 heavy (non-hydrogen) atoms. The smallest absolute Gasteiger partial charge is 0.00806 e. The van der Waals surface area contributed by atoms with Crippen molar-refractivity contribution in [3.05, 3.63) is 163 Å². The standard InChI is InChI=1S/C18H13.C13H10.CH3.ClH.Zr/c1-2-8-13(7-1)18-16-11-5-3-9-14(16)15-10-4-6-12-17(15)18;1-3-7-12(8-4-1)11-13-9-5-2-6-10-13;;;/h1-7,9-11,18H,8H2;1-10H;1H3;1H;/q-1;;-1;;/p-1. The molecule has 0 amide bonds. The molecule has 0 saturated heterocycles. The largest absolute Gasteiger partial charge is 0.179 e. The van der Waals surface area contributed by atoms with Gasteiger partial charge < -0.3 is 19.8 Å². The van der Waals surface area contributed by atoms with Gasteiger partial charge in [-0.05, 0) is 12.0 Å². The maximum Gasteiger partial charge on any atom is 0.00806 e. The van der Waals surface area contributed by atoms with Gasteiger partial charge in [-0.25, -0.2) is 0 Å². The number of allylic oxidation sites excluding steroid dienone is 4. The van der Waals surface area contributed by atoms with Crippen molar-refractivity contribution in [3.63, 3.8) is 0 Å². The zero-order chi connectivity index (χ0) is 21.8. The van der Waals surface area contributed by atoms with Gasteiger partial charge in [-0.15, -0.1) is 11.1 Å². The van der Waals surface area contributed by atoms with E-state index in [0.29, 0.717) is 5.92 Å². The van der Waals surface area contributed by atoms with Crippen LogP contribution in [-0.2, 0) is 24.2 Å². The Labute approximate surface area is 224 Å². The van der Waals surface area contributed by atoms with E-state index in [2.05, 4.69) is 121 Å². The van der Waals surface area contributed by atoms with Crippen molar-refractivity contribution in [3.8, 4) is 11.1 Å². The van der Waals surface area contributed by atoms with E-state index >= 15 is 0 Å². The summed E-state index contributed by atoms with van der Waals surface area (Å²) < 4.78 is 1.42. The van der Waals surface area contributed by atoms with Crippen molar-refractivity contribution in [1.82, 2.24) is 0 Å². The Kier molecular flexibility index (Phi) is 9.34. The van der Waals surface area contributed by atoms with Crippen LogP contribution in [0.5, 0.6) is 0 Å². The maximum absolute atomic E-state index is 3.45. The van der Waals surface area contributed by atoms with Gasteiger partial charge in [-0.3, -0.25) is 0 Å². The first kappa shape index (κ1) is 26.0. The van der Waals surface area contributed by atoms with Crippen molar-refractivity contribution in [1.29, 1.82) is 0 Å². The Morgan fingerprint density at radius 2 is 1.32 bits per heavy atom. The van der Waals surface area contributed by atoms with Gasteiger partial charge in [-0.2, -0.15) is 24.3 Å². The molecule has 2 heteroatoms. The third-order valence-electron chi connectivity index (χ3n) is 6.03. The van der Waals surface area contributed by atoms with Crippen LogP contribution in [0.15, 0.2) is 127 Å². The van der Waals surface area contributed by atoms with Gasteiger partial charge in [0.1, 0.15) is 0 Å². The zero-order valence-corrected chi connectivity index (χ0v) is 22.4. The number of halogens is 1. The van der Waals surface area contributed by atoms with Crippen LogP contribution in [-0.4, -0.2) is 3.21 Å². The molecule has 0 aromatic heterocycles. The van der Waals surface area contributed by atoms with Crippen molar-refractivity contribution in [2.45, 2.75) is 12.3 Å². The van der Waals surface area contributed by atoms with Crippen LogP contribution < -0.4 is 12.4 Å². The van der Waals surface area contributed by atoms with E-state index < -0.39 is 0 Å². The van der Waals surface area contributed by atoms with E-state index in [4.69, 9.17) is 0 Å². The third-order valence-corrected chi connectivity index (χ3v) is 7.45. The molecule has 2 aliphatic rings. The Hall–Kier alpha value is -2.60. The molecule has 0 nitrogen and oxygen atoms in total. The minimum Gasteiger partial charge on any atom is -0.179 e. The van der Waals surface area contributed by atoms with Crippen LogP contribution in [0, 0.1) is 13.5 Å². The molecular weight excluding hydrogens is 511 g/mol. The second-order valence-corrected chi connectivity index (χ2v) is 9.23. The SMILES string of the molecule is [CH3-].[Cl-].[Zr]=[C](c1ccccc1)c1ccccc1.[c-]1cccc2c1C(C1=CC=CC1)c1ccccc1-2. The first-order valence-corrected chi connectivity index (χ1v) is 12.2. The summed E-state index contributed by atoms with van der Waals surface area (Å²) in [6.45, 7) is 0. The number of benzene rings is 4. The quantitative estimate of drug-likeness (QED) is 0.332.